The van der Waals surface area contributed by atoms with Crippen LogP contribution in [-0.2, 0) is 9.47 Å². The molecule has 0 amide bonds. The van der Waals surface area contributed by atoms with Crippen LogP contribution in [0.2, 0.25) is 0 Å². The number of nitrogens with zero attached hydrogens (tertiary/aromatic N) is 1. The third kappa shape index (κ3) is 4.50. The van der Waals surface area contributed by atoms with Gasteiger partial charge >= 0.3 is 0 Å². The molecule has 4 unspecified atom stereocenters. The summed E-state index contributed by atoms with van der Waals surface area (Å²) in [7, 11) is 3.54. The van der Waals surface area contributed by atoms with E-state index in [1.165, 1.54) is 12.8 Å². The third-order valence-corrected chi connectivity index (χ3v) is 3.96. The Morgan fingerprint density at radius 3 is 2.17 bits per heavy atom. The molecule has 1 N–H and O–H groups in total. The molecule has 1 fully saturated rings. The summed E-state index contributed by atoms with van der Waals surface area (Å²) in [6.45, 7) is 9.75. The van der Waals surface area contributed by atoms with Gasteiger partial charge in [-0.2, -0.15) is 0 Å². The summed E-state index contributed by atoms with van der Waals surface area (Å²) in [5.41, 5.74) is 0. The minimum absolute atomic E-state index is 0.213. The van der Waals surface area contributed by atoms with Gasteiger partial charge in [0, 0.05) is 45.9 Å². The van der Waals surface area contributed by atoms with Crippen molar-refractivity contribution in [1.29, 1.82) is 0 Å². The molecule has 0 aromatic heterocycles. The molecule has 1 rings (SSSR count). The smallest absolute Gasteiger partial charge is 0.0971 e. The molecule has 4 atom stereocenters. The molecule has 1 saturated heterocycles. The van der Waals surface area contributed by atoms with Crippen LogP contribution >= 0.6 is 0 Å². The lowest BCUT2D eigenvalue weighted by molar-refractivity contribution is -0.00461. The van der Waals surface area contributed by atoms with E-state index in [0.717, 1.165) is 19.6 Å². The Morgan fingerprint density at radius 2 is 1.72 bits per heavy atom. The van der Waals surface area contributed by atoms with Gasteiger partial charge in [0.05, 0.1) is 12.2 Å². The fraction of sp³-hybridized carbons (Fsp3) is 1.00. The quantitative estimate of drug-likeness (QED) is 0.715. The van der Waals surface area contributed by atoms with Gasteiger partial charge in [0.1, 0.15) is 0 Å². The van der Waals surface area contributed by atoms with Crippen LogP contribution in [0.4, 0.5) is 0 Å². The lowest BCUT2D eigenvalue weighted by atomic mass is 10.2. The van der Waals surface area contributed by atoms with Crippen molar-refractivity contribution in [2.45, 2.75) is 57.9 Å². The minimum atomic E-state index is 0.213. The zero-order valence-corrected chi connectivity index (χ0v) is 12.6. The van der Waals surface area contributed by atoms with Gasteiger partial charge in [0.25, 0.3) is 0 Å². The SMILES string of the molecule is CCCC(C)NCC(C)N1CC(OC)C(OC)C1. The summed E-state index contributed by atoms with van der Waals surface area (Å²) < 4.78 is 10.9. The molecular formula is C14H30N2O2. The van der Waals surface area contributed by atoms with Crippen molar-refractivity contribution in [2.75, 3.05) is 33.9 Å². The zero-order valence-electron chi connectivity index (χ0n) is 12.6. The Bertz CT molecular complexity index is 214. The van der Waals surface area contributed by atoms with Crippen molar-refractivity contribution < 1.29 is 9.47 Å². The number of methoxy groups -OCH3 is 2. The van der Waals surface area contributed by atoms with E-state index >= 15 is 0 Å². The summed E-state index contributed by atoms with van der Waals surface area (Å²) >= 11 is 0. The first-order chi connectivity index (χ1) is 8.62. The fourth-order valence-corrected chi connectivity index (χ4v) is 2.62. The number of hydrogen-bond donors (Lipinski definition) is 1. The monoisotopic (exact) mass is 258 g/mol. The number of rotatable bonds is 8. The number of hydrogen-bond acceptors (Lipinski definition) is 4. The van der Waals surface area contributed by atoms with Crippen LogP contribution in [0, 0.1) is 0 Å². The lowest BCUT2D eigenvalue weighted by Crippen LogP contribution is -2.42. The highest BCUT2D eigenvalue weighted by atomic mass is 16.5. The van der Waals surface area contributed by atoms with Crippen LogP contribution in [0.5, 0.6) is 0 Å². The third-order valence-electron chi connectivity index (χ3n) is 3.96. The van der Waals surface area contributed by atoms with Gasteiger partial charge in [-0.05, 0) is 20.3 Å². The second kappa shape index (κ2) is 8.10. The van der Waals surface area contributed by atoms with Crippen molar-refractivity contribution in [2.24, 2.45) is 0 Å². The molecular weight excluding hydrogens is 228 g/mol. The Balaban J connectivity index is 2.32. The molecule has 0 saturated carbocycles. The fourth-order valence-electron chi connectivity index (χ4n) is 2.62. The van der Waals surface area contributed by atoms with Crippen molar-refractivity contribution in [3.05, 3.63) is 0 Å². The van der Waals surface area contributed by atoms with Gasteiger partial charge in [-0.25, -0.2) is 0 Å². The van der Waals surface area contributed by atoms with Crippen LogP contribution in [0.1, 0.15) is 33.6 Å². The minimum Gasteiger partial charge on any atom is -0.377 e. The van der Waals surface area contributed by atoms with Crippen molar-refractivity contribution in [3.63, 3.8) is 0 Å². The molecule has 0 aliphatic carbocycles. The summed E-state index contributed by atoms with van der Waals surface area (Å²) in [6, 6.07) is 1.14. The lowest BCUT2D eigenvalue weighted by Gasteiger charge is -2.26. The molecule has 4 heteroatoms. The number of nitrogens with one attached hydrogen (secondary N) is 1. The first kappa shape index (κ1) is 15.9. The van der Waals surface area contributed by atoms with Crippen LogP contribution in [0.25, 0.3) is 0 Å². The van der Waals surface area contributed by atoms with Gasteiger partial charge in [-0.1, -0.05) is 13.3 Å². The maximum Gasteiger partial charge on any atom is 0.0971 e. The van der Waals surface area contributed by atoms with E-state index in [2.05, 4.69) is 31.0 Å². The Hall–Kier alpha value is -0.160. The summed E-state index contributed by atoms with van der Waals surface area (Å²) in [6.07, 6.45) is 2.91. The van der Waals surface area contributed by atoms with E-state index in [1.807, 2.05) is 0 Å². The highest BCUT2D eigenvalue weighted by molar-refractivity contribution is 4.89. The Morgan fingerprint density at radius 1 is 1.17 bits per heavy atom. The molecule has 0 spiro atoms. The molecule has 18 heavy (non-hydrogen) atoms. The first-order valence-electron chi connectivity index (χ1n) is 7.15. The average molecular weight is 258 g/mol. The van der Waals surface area contributed by atoms with Crippen LogP contribution in [0.3, 0.4) is 0 Å². The number of ether oxygens (including phenoxy) is 2. The second-order valence-corrected chi connectivity index (χ2v) is 5.45. The summed E-state index contributed by atoms with van der Waals surface area (Å²) in [4.78, 5) is 2.45. The second-order valence-electron chi connectivity index (χ2n) is 5.45. The Kier molecular flexibility index (Phi) is 7.15. The number of likely N-dealkylation sites (tertiary alicyclic amines) is 1. The maximum absolute atomic E-state index is 5.47. The molecule has 108 valence electrons. The van der Waals surface area contributed by atoms with E-state index in [-0.39, 0.29) is 12.2 Å². The van der Waals surface area contributed by atoms with Gasteiger partial charge in [0.15, 0.2) is 0 Å². The highest BCUT2D eigenvalue weighted by Gasteiger charge is 2.34. The summed E-state index contributed by atoms with van der Waals surface area (Å²) in [5.74, 6) is 0. The molecule has 1 aliphatic heterocycles. The molecule has 0 aromatic rings. The van der Waals surface area contributed by atoms with Gasteiger partial charge in [-0.3, -0.25) is 4.90 Å². The molecule has 1 aliphatic rings. The normalized spacial score (nSPS) is 28.5. The van der Waals surface area contributed by atoms with Crippen LogP contribution < -0.4 is 5.32 Å². The van der Waals surface area contributed by atoms with Gasteiger partial charge < -0.3 is 14.8 Å². The first-order valence-corrected chi connectivity index (χ1v) is 7.15. The average Bonchev–Trinajstić information content (AvgIpc) is 2.79. The van der Waals surface area contributed by atoms with E-state index in [9.17, 15) is 0 Å². The largest absolute Gasteiger partial charge is 0.377 e. The topological polar surface area (TPSA) is 33.7 Å². The molecule has 0 radical (unpaired) electrons. The predicted molar refractivity (Wildman–Crippen MR) is 75.0 cm³/mol. The standard InChI is InChI=1S/C14H30N2O2/c1-6-7-11(2)15-8-12(3)16-9-13(17-4)14(10-16)18-5/h11-15H,6-10H2,1-5H3. The van der Waals surface area contributed by atoms with Gasteiger partial charge in [0.2, 0.25) is 0 Å². The highest BCUT2D eigenvalue weighted by Crippen LogP contribution is 2.17. The summed E-state index contributed by atoms with van der Waals surface area (Å²) in [5, 5.41) is 3.60. The molecule has 4 nitrogen and oxygen atoms in total. The predicted octanol–water partition coefficient (Wildman–Crippen LogP) is 1.50. The zero-order chi connectivity index (χ0) is 13.5. The Labute approximate surface area is 112 Å². The van der Waals surface area contributed by atoms with E-state index < -0.39 is 0 Å². The van der Waals surface area contributed by atoms with E-state index in [0.29, 0.717) is 12.1 Å². The van der Waals surface area contributed by atoms with Crippen molar-refractivity contribution in [3.8, 4) is 0 Å². The maximum atomic E-state index is 5.47. The van der Waals surface area contributed by atoms with Crippen LogP contribution in [0.15, 0.2) is 0 Å². The van der Waals surface area contributed by atoms with Crippen molar-refractivity contribution in [1.82, 2.24) is 10.2 Å². The van der Waals surface area contributed by atoms with Gasteiger partial charge in [-0.15, -0.1) is 0 Å². The van der Waals surface area contributed by atoms with E-state index in [4.69, 9.17) is 9.47 Å². The van der Waals surface area contributed by atoms with E-state index in [1.54, 1.807) is 14.2 Å². The molecule has 0 aromatic carbocycles. The van der Waals surface area contributed by atoms with Crippen LogP contribution in [-0.4, -0.2) is 63.0 Å². The molecule has 0 bridgehead atoms. The molecule has 1 heterocycles. The van der Waals surface area contributed by atoms with Crippen molar-refractivity contribution >= 4 is 0 Å².